The number of pyridine rings is 2. The summed E-state index contributed by atoms with van der Waals surface area (Å²) in [6.45, 7) is 13.8. The second-order valence-electron chi connectivity index (χ2n) is 11.4. The first-order valence-corrected chi connectivity index (χ1v) is 14.0. The van der Waals surface area contributed by atoms with Crippen LogP contribution in [0, 0.1) is 6.92 Å². The van der Waals surface area contributed by atoms with Crippen molar-refractivity contribution in [3.8, 4) is 11.3 Å². The molecule has 1 amide bonds. The molecule has 1 aliphatic rings. The summed E-state index contributed by atoms with van der Waals surface area (Å²) in [5.41, 5.74) is 3.35. The zero-order chi connectivity index (χ0) is 29.2. The third kappa shape index (κ3) is 6.00. The van der Waals surface area contributed by atoms with Gasteiger partial charge in [0.25, 0.3) is 0 Å². The van der Waals surface area contributed by atoms with Gasteiger partial charge in [0.15, 0.2) is 0 Å². The van der Waals surface area contributed by atoms with E-state index in [-0.39, 0.29) is 18.1 Å². The number of ether oxygens (including phenoxy) is 2. The van der Waals surface area contributed by atoms with E-state index in [9.17, 15) is 9.59 Å². The van der Waals surface area contributed by atoms with Crippen LogP contribution in [-0.2, 0) is 9.47 Å². The van der Waals surface area contributed by atoms with E-state index in [2.05, 4.69) is 21.2 Å². The highest BCUT2D eigenvalue weighted by molar-refractivity contribution is 5.96. The maximum atomic E-state index is 13.1. The highest BCUT2D eigenvalue weighted by Gasteiger charge is 2.32. The predicted molar refractivity (Wildman–Crippen MR) is 157 cm³/mol. The van der Waals surface area contributed by atoms with E-state index in [1.807, 2.05) is 78.1 Å². The molecule has 40 heavy (non-hydrogen) atoms. The van der Waals surface area contributed by atoms with Gasteiger partial charge in [-0.1, -0.05) is 0 Å². The third-order valence-corrected chi connectivity index (χ3v) is 7.20. The van der Waals surface area contributed by atoms with Gasteiger partial charge < -0.3 is 24.2 Å². The van der Waals surface area contributed by atoms with Crippen LogP contribution in [0.2, 0.25) is 0 Å². The van der Waals surface area contributed by atoms with Gasteiger partial charge in [-0.05, 0) is 72.6 Å². The topological polar surface area (TPSA) is 92.5 Å². The molecule has 0 unspecified atom stereocenters. The number of piperidine rings is 1. The fraction of sp³-hybridized carbons (Fsp3) is 0.533. The van der Waals surface area contributed by atoms with Crippen molar-refractivity contribution < 1.29 is 19.1 Å². The number of rotatable bonds is 7. The summed E-state index contributed by atoms with van der Waals surface area (Å²) in [7, 11) is 3.90. The molecule has 0 aliphatic carbocycles. The molecule has 4 rings (SSSR count). The monoisotopic (exact) mass is 550 g/mol. The lowest BCUT2D eigenvalue weighted by Gasteiger charge is -2.40. The van der Waals surface area contributed by atoms with Crippen molar-refractivity contribution in [1.29, 1.82) is 0 Å². The van der Waals surface area contributed by atoms with Crippen molar-refractivity contribution in [1.82, 2.24) is 19.3 Å². The maximum absolute atomic E-state index is 13.1. The minimum atomic E-state index is -0.527. The number of carbonyl (C=O) groups excluding carboxylic acids is 2. The Morgan fingerprint density at radius 1 is 1.10 bits per heavy atom. The van der Waals surface area contributed by atoms with E-state index >= 15 is 0 Å². The van der Waals surface area contributed by atoms with Gasteiger partial charge in [-0.2, -0.15) is 0 Å². The molecule has 10 nitrogen and oxygen atoms in total. The SMILES string of the molecule is CCOC(=O)c1cc2c(-c3ccnc(N(C)C)c3)ncn2c(N(CC)C2CCN(C(=O)OC(C)(C)C)CC2)c1C. The summed E-state index contributed by atoms with van der Waals surface area (Å²) in [6, 6.07) is 5.99. The first-order valence-electron chi connectivity index (χ1n) is 14.0. The van der Waals surface area contributed by atoms with Crippen LogP contribution in [0.15, 0.2) is 30.7 Å². The summed E-state index contributed by atoms with van der Waals surface area (Å²) < 4.78 is 13.1. The average molecular weight is 551 g/mol. The zero-order valence-electron chi connectivity index (χ0n) is 25.0. The fourth-order valence-corrected chi connectivity index (χ4v) is 5.29. The Morgan fingerprint density at radius 2 is 1.80 bits per heavy atom. The van der Waals surface area contributed by atoms with Crippen LogP contribution in [0.25, 0.3) is 16.8 Å². The van der Waals surface area contributed by atoms with Crippen LogP contribution < -0.4 is 9.80 Å². The van der Waals surface area contributed by atoms with Crippen LogP contribution in [0.1, 0.15) is 63.4 Å². The van der Waals surface area contributed by atoms with Crippen LogP contribution in [-0.4, -0.2) is 83.3 Å². The molecule has 0 radical (unpaired) electrons. The number of amides is 1. The summed E-state index contributed by atoms with van der Waals surface area (Å²) in [6.07, 6.45) is 4.90. The van der Waals surface area contributed by atoms with Gasteiger partial charge in [0.1, 0.15) is 23.6 Å². The van der Waals surface area contributed by atoms with Gasteiger partial charge in [-0.15, -0.1) is 0 Å². The number of likely N-dealkylation sites (tertiary alicyclic amines) is 1. The lowest BCUT2D eigenvalue weighted by molar-refractivity contribution is 0.0204. The van der Waals surface area contributed by atoms with Crippen molar-refractivity contribution in [2.24, 2.45) is 0 Å². The van der Waals surface area contributed by atoms with Gasteiger partial charge in [0, 0.05) is 57.1 Å². The first-order chi connectivity index (χ1) is 18.9. The molecule has 1 fully saturated rings. The molecule has 0 bridgehead atoms. The number of fused-ring (bicyclic) bond motifs is 1. The Balaban J connectivity index is 1.76. The second kappa shape index (κ2) is 11.7. The van der Waals surface area contributed by atoms with Crippen molar-refractivity contribution in [2.45, 2.75) is 66.0 Å². The van der Waals surface area contributed by atoms with Crippen LogP contribution in [0.4, 0.5) is 16.4 Å². The molecule has 1 saturated heterocycles. The van der Waals surface area contributed by atoms with Gasteiger partial charge in [0.2, 0.25) is 0 Å². The average Bonchev–Trinajstić information content (AvgIpc) is 3.33. The number of carbonyl (C=O) groups is 2. The molecule has 0 atom stereocenters. The van der Waals surface area contributed by atoms with Gasteiger partial charge >= 0.3 is 12.1 Å². The number of hydrogen-bond acceptors (Lipinski definition) is 8. The van der Waals surface area contributed by atoms with Crippen LogP contribution in [0.3, 0.4) is 0 Å². The predicted octanol–water partition coefficient (Wildman–Crippen LogP) is 5.17. The van der Waals surface area contributed by atoms with Crippen molar-refractivity contribution in [2.75, 3.05) is 50.1 Å². The Morgan fingerprint density at radius 3 is 2.40 bits per heavy atom. The Bertz CT molecular complexity index is 1370. The number of aromatic nitrogens is 3. The molecule has 3 aromatic heterocycles. The van der Waals surface area contributed by atoms with Crippen molar-refractivity contribution in [3.05, 3.63) is 41.9 Å². The van der Waals surface area contributed by atoms with E-state index in [1.165, 1.54) is 0 Å². The van der Waals surface area contributed by atoms with Crippen LogP contribution in [0.5, 0.6) is 0 Å². The summed E-state index contributed by atoms with van der Waals surface area (Å²) >= 11 is 0. The van der Waals surface area contributed by atoms with Gasteiger partial charge in [-0.3, -0.25) is 4.40 Å². The molecule has 0 aromatic carbocycles. The molecular weight excluding hydrogens is 508 g/mol. The minimum absolute atomic E-state index is 0.176. The largest absolute Gasteiger partial charge is 0.462 e. The lowest BCUT2D eigenvalue weighted by Crippen LogP contribution is -2.48. The standard InChI is InChI=1S/C30H42N6O4/c1-9-35(22-12-15-34(16-13-22)29(38)40-30(4,5)6)27-20(3)23(28(37)39-10-2)18-24-26(32-19-36(24)27)21-11-14-31-25(17-21)33(7)8/h11,14,17-19,22H,9-10,12-13,15-16H2,1-8H3. The van der Waals surface area contributed by atoms with E-state index in [4.69, 9.17) is 14.5 Å². The van der Waals surface area contributed by atoms with Crippen LogP contribution >= 0.6 is 0 Å². The smallest absolute Gasteiger partial charge is 0.410 e. The lowest BCUT2D eigenvalue weighted by atomic mass is 10.0. The van der Waals surface area contributed by atoms with E-state index in [1.54, 1.807) is 11.1 Å². The first kappa shape index (κ1) is 29.2. The second-order valence-corrected chi connectivity index (χ2v) is 11.4. The van der Waals surface area contributed by atoms with Crippen molar-refractivity contribution >= 4 is 29.2 Å². The number of imidazole rings is 1. The molecule has 0 N–H and O–H groups in total. The minimum Gasteiger partial charge on any atom is -0.462 e. The van der Waals surface area contributed by atoms with Crippen molar-refractivity contribution in [3.63, 3.8) is 0 Å². The highest BCUT2D eigenvalue weighted by atomic mass is 16.6. The molecule has 0 saturated carbocycles. The Hall–Kier alpha value is -3.82. The van der Waals surface area contributed by atoms with E-state index in [0.29, 0.717) is 25.3 Å². The maximum Gasteiger partial charge on any atom is 0.410 e. The number of nitrogens with zero attached hydrogens (tertiary/aromatic N) is 6. The Kier molecular flexibility index (Phi) is 8.56. The quantitative estimate of drug-likeness (QED) is 0.372. The molecule has 3 aromatic rings. The molecular formula is C30H42N6O4. The molecule has 10 heteroatoms. The molecule has 216 valence electrons. The zero-order valence-corrected chi connectivity index (χ0v) is 25.0. The summed E-state index contributed by atoms with van der Waals surface area (Å²) in [5, 5.41) is 0. The summed E-state index contributed by atoms with van der Waals surface area (Å²) in [4.78, 5) is 41.1. The summed E-state index contributed by atoms with van der Waals surface area (Å²) in [5.74, 6) is 1.39. The fourth-order valence-electron chi connectivity index (χ4n) is 5.29. The molecule has 0 spiro atoms. The number of anilines is 2. The molecule has 4 heterocycles. The number of hydrogen-bond donors (Lipinski definition) is 0. The highest BCUT2D eigenvalue weighted by Crippen LogP contribution is 2.35. The Labute approximate surface area is 236 Å². The van der Waals surface area contributed by atoms with Gasteiger partial charge in [-0.25, -0.2) is 19.6 Å². The normalized spacial score (nSPS) is 14.3. The van der Waals surface area contributed by atoms with E-state index < -0.39 is 5.60 Å². The molecule has 1 aliphatic heterocycles. The third-order valence-electron chi connectivity index (χ3n) is 7.20. The van der Waals surface area contributed by atoms with E-state index in [0.717, 1.165) is 53.4 Å². The number of esters is 1. The van der Waals surface area contributed by atoms with Gasteiger partial charge in [0.05, 0.1) is 23.4 Å².